The molecule has 5 rings (SSSR count). The number of nitrogens with zero attached hydrogens (tertiary/aromatic N) is 1. The van der Waals surface area contributed by atoms with Gasteiger partial charge >= 0.3 is 11.9 Å². The van der Waals surface area contributed by atoms with Crippen molar-refractivity contribution in [2.75, 3.05) is 33.4 Å². The lowest BCUT2D eigenvalue weighted by atomic mass is 9.68. The third kappa shape index (κ3) is 7.91. The highest BCUT2D eigenvalue weighted by Crippen LogP contribution is 2.53. The van der Waals surface area contributed by atoms with Gasteiger partial charge in [0.05, 0.1) is 7.11 Å². The molecule has 1 fully saturated rings. The molecule has 42 heavy (non-hydrogen) atoms. The first-order chi connectivity index (χ1) is 20.2. The third-order valence-corrected chi connectivity index (χ3v) is 7.65. The summed E-state index contributed by atoms with van der Waals surface area (Å²) in [7, 11) is 1.70. The molecule has 0 aliphatic carbocycles. The number of benzene rings is 3. The molecule has 2 atom stereocenters. The predicted octanol–water partition coefficient (Wildman–Crippen LogP) is 5.97. The van der Waals surface area contributed by atoms with Gasteiger partial charge in [0, 0.05) is 42.2 Å². The second kappa shape index (κ2) is 14.0. The zero-order chi connectivity index (χ0) is 30.1. The number of aliphatic carboxylic acids is 2. The van der Waals surface area contributed by atoms with Crippen LogP contribution in [-0.2, 0) is 9.59 Å². The summed E-state index contributed by atoms with van der Waals surface area (Å²) in [5.41, 5.74) is 3.35. The van der Waals surface area contributed by atoms with Gasteiger partial charge in [-0.3, -0.25) is 4.90 Å². The molecule has 2 heterocycles. The number of fused-ring (bicyclic) bond motifs is 1. The minimum absolute atomic E-state index is 0.158. The molecule has 8 heteroatoms. The summed E-state index contributed by atoms with van der Waals surface area (Å²) in [5.74, 6) is 0.447. The normalized spacial score (nSPS) is 19.2. The van der Waals surface area contributed by atoms with Crippen molar-refractivity contribution in [1.29, 1.82) is 0 Å². The van der Waals surface area contributed by atoms with Gasteiger partial charge in [-0.2, -0.15) is 0 Å². The standard InChI is InChI=1S/C30H35NO3.C4H4O4/c1-30(2)29(23-9-5-4-6-10-23)28(26-16-15-25(32-3)21-27(26)34-30)22-11-13-24(14-12-22)33-20-19-31-17-7-8-18-31;5-3(6)1-2-4(7)8/h4-6,9-16,21,28-29H,7-8,17-20H2,1-3H3;1-2H,(H,5,6)(H,7,8)/b;2-1+/t28-,29+;/m0./s1. The molecular weight excluding hydrogens is 534 g/mol. The minimum atomic E-state index is -1.26. The maximum Gasteiger partial charge on any atom is 0.328 e. The zero-order valence-corrected chi connectivity index (χ0v) is 24.4. The first-order valence-corrected chi connectivity index (χ1v) is 14.2. The van der Waals surface area contributed by atoms with Crippen molar-refractivity contribution in [2.24, 2.45) is 0 Å². The topological polar surface area (TPSA) is 106 Å². The Morgan fingerprint density at radius 1 is 0.905 bits per heavy atom. The highest BCUT2D eigenvalue weighted by Gasteiger charge is 2.45. The molecule has 1 saturated heterocycles. The van der Waals surface area contributed by atoms with E-state index in [-0.39, 0.29) is 11.8 Å². The van der Waals surface area contributed by atoms with Crippen molar-refractivity contribution >= 4 is 11.9 Å². The second-order valence-corrected chi connectivity index (χ2v) is 11.0. The van der Waals surface area contributed by atoms with Gasteiger partial charge in [-0.05, 0) is 69.1 Å². The van der Waals surface area contributed by atoms with Gasteiger partial charge in [-0.1, -0.05) is 48.5 Å². The van der Waals surface area contributed by atoms with Gasteiger partial charge in [-0.15, -0.1) is 0 Å². The smallest absolute Gasteiger partial charge is 0.328 e. The van der Waals surface area contributed by atoms with E-state index in [1.54, 1.807) is 7.11 Å². The number of carboxylic acids is 2. The van der Waals surface area contributed by atoms with Crippen LogP contribution in [0, 0.1) is 0 Å². The van der Waals surface area contributed by atoms with E-state index in [9.17, 15) is 9.59 Å². The van der Waals surface area contributed by atoms with Gasteiger partial charge in [0.2, 0.25) is 0 Å². The Hall–Kier alpha value is -4.30. The fourth-order valence-corrected chi connectivity index (χ4v) is 5.75. The number of carbonyl (C=O) groups is 2. The van der Waals surface area contributed by atoms with Crippen molar-refractivity contribution in [3.05, 3.63) is 102 Å². The minimum Gasteiger partial charge on any atom is -0.497 e. The average molecular weight is 574 g/mol. The molecule has 0 aromatic heterocycles. The van der Waals surface area contributed by atoms with Crippen molar-refractivity contribution in [3.63, 3.8) is 0 Å². The molecule has 8 nitrogen and oxygen atoms in total. The Labute approximate surface area is 247 Å². The van der Waals surface area contributed by atoms with Crippen molar-refractivity contribution in [3.8, 4) is 17.2 Å². The molecule has 0 bridgehead atoms. The van der Waals surface area contributed by atoms with E-state index < -0.39 is 17.5 Å². The van der Waals surface area contributed by atoms with Crippen LogP contribution in [0.4, 0.5) is 0 Å². The van der Waals surface area contributed by atoms with E-state index in [0.29, 0.717) is 12.2 Å². The van der Waals surface area contributed by atoms with E-state index in [4.69, 9.17) is 24.4 Å². The molecule has 0 unspecified atom stereocenters. The number of rotatable bonds is 9. The fraction of sp³-hybridized carbons (Fsp3) is 0.353. The summed E-state index contributed by atoms with van der Waals surface area (Å²) in [5, 5.41) is 15.6. The van der Waals surface area contributed by atoms with Crippen LogP contribution in [-0.4, -0.2) is 66.0 Å². The number of hydrogen-bond donors (Lipinski definition) is 2. The Morgan fingerprint density at radius 2 is 1.52 bits per heavy atom. The molecule has 222 valence electrons. The molecular formula is C34H39NO7. The van der Waals surface area contributed by atoms with Crippen LogP contribution in [0.15, 0.2) is 84.9 Å². The maximum atomic E-state index is 9.55. The van der Waals surface area contributed by atoms with Gasteiger partial charge < -0.3 is 24.4 Å². The Balaban J connectivity index is 0.000000446. The molecule has 2 N–H and O–H groups in total. The number of likely N-dealkylation sites (tertiary alicyclic amines) is 1. The lowest BCUT2D eigenvalue weighted by Gasteiger charge is -2.45. The lowest BCUT2D eigenvalue weighted by molar-refractivity contribution is -0.134. The SMILES string of the molecule is COc1ccc2c(c1)OC(C)(C)[C@H](c1ccccc1)[C@H]2c1ccc(OCCN2CCCC2)cc1.O=C(O)/C=C/C(=O)O. The molecule has 3 aromatic carbocycles. The summed E-state index contributed by atoms with van der Waals surface area (Å²) in [6.45, 7) is 8.52. The molecule has 0 radical (unpaired) electrons. The van der Waals surface area contributed by atoms with Gasteiger partial charge in [0.1, 0.15) is 29.5 Å². The van der Waals surface area contributed by atoms with Crippen LogP contribution in [0.5, 0.6) is 17.2 Å². The first-order valence-electron chi connectivity index (χ1n) is 14.2. The Bertz CT molecular complexity index is 1350. The fourth-order valence-electron chi connectivity index (χ4n) is 5.75. The van der Waals surface area contributed by atoms with Crippen LogP contribution in [0.3, 0.4) is 0 Å². The van der Waals surface area contributed by atoms with E-state index in [1.165, 1.54) is 42.6 Å². The molecule has 0 amide bonds. The zero-order valence-electron chi connectivity index (χ0n) is 24.4. The van der Waals surface area contributed by atoms with Gasteiger partial charge in [0.15, 0.2) is 0 Å². The van der Waals surface area contributed by atoms with Crippen molar-refractivity contribution < 1.29 is 34.0 Å². The van der Waals surface area contributed by atoms with Crippen LogP contribution >= 0.6 is 0 Å². The van der Waals surface area contributed by atoms with Gasteiger partial charge in [-0.25, -0.2) is 9.59 Å². The highest BCUT2D eigenvalue weighted by molar-refractivity contribution is 5.89. The summed E-state index contributed by atoms with van der Waals surface area (Å²) in [4.78, 5) is 21.6. The number of carboxylic acid groups (broad SMARTS) is 2. The van der Waals surface area contributed by atoms with Crippen LogP contribution in [0.25, 0.3) is 0 Å². The quantitative estimate of drug-likeness (QED) is 0.302. The van der Waals surface area contributed by atoms with Crippen LogP contribution in [0.2, 0.25) is 0 Å². The molecule has 3 aromatic rings. The molecule has 0 saturated carbocycles. The number of hydrogen-bond acceptors (Lipinski definition) is 6. The van der Waals surface area contributed by atoms with E-state index >= 15 is 0 Å². The summed E-state index contributed by atoms with van der Waals surface area (Å²) in [6.07, 6.45) is 3.74. The largest absolute Gasteiger partial charge is 0.497 e. The monoisotopic (exact) mass is 573 g/mol. The average Bonchev–Trinajstić information content (AvgIpc) is 3.49. The van der Waals surface area contributed by atoms with E-state index in [2.05, 4.69) is 79.4 Å². The van der Waals surface area contributed by atoms with Crippen molar-refractivity contribution in [1.82, 2.24) is 4.90 Å². The number of ether oxygens (including phenoxy) is 3. The Kier molecular flexibility index (Phi) is 10.3. The molecule has 0 spiro atoms. The predicted molar refractivity (Wildman–Crippen MR) is 161 cm³/mol. The van der Waals surface area contributed by atoms with Crippen LogP contribution in [0.1, 0.15) is 55.2 Å². The number of methoxy groups -OCH3 is 1. The first kappa shape index (κ1) is 30.7. The summed E-state index contributed by atoms with van der Waals surface area (Å²) < 4.78 is 18.2. The van der Waals surface area contributed by atoms with E-state index in [1.807, 2.05) is 12.1 Å². The maximum absolute atomic E-state index is 9.55. The van der Waals surface area contributed by atoms with Crippen molar-refractivity contribution in [2.45, 2.75) is 44.1 Å². The lowest BCUT2D eigenvalue weighted by Crippen LogP contribution is -2.43. The van der Waals surface area contributed by atoms with E-state index in [0.717, 1.165) is 30.4 Å². The van der Waals surface area contributed by atoms with Crippen LogP contribution < -0.4 is 14.2 Å². The summed E-state index contributed by atoms with van der Waals surface area (Å²) in [6, 6.07) is 25.6. The highest BCUT2D eigenvalue weighted by atomic mass is 16.5. The summed E-state index contributed by atoms with van der Waals surface area (Å²) >= 11 is 0. The Morgan fingerprint density at radius 3 is 2.12 bits per heavy atom. The molecule has 2 aliphatic rings. The van der Waals surface area contributed by atoms with Gasteiger partial charge in [0.25, 0.3) is 0 Å². The third-order valence-electron chi connectivity index (χ3n) is 7.65. The second-order valence-electron chi connectivity index (χ2n) is 11.0. The molecule has 2 aliphatic heterocycles.